The Labute approximate surface area is 81.2 Å². The molecule has 0 spiro atoms. The molecule has 0 radical (unpaired) electrons. The highest BCUT2D eigenvalue weighted by atomic mass is 16.4. The van der Waals surface area contributed by atoms with Crippen molar-refractivity contribution in [3.8, 4) is 0 Å². The second-order valence-electron chi connectivity index (χ2n) is 2.84. The third-order valence-corrected chi connectivity index (χ3v) is 1.79. The third kappa shape index (κ3) is 2.72. The fraction of sp³-hybridized carbons (Fsp3) is 0.222. The molecule has 14 heavy (non-hydrogen) atoms. The molecule has 0 aromatic heterocycles. The Bertz CT molecular complexity index is 310. The van der Waals surface area contributed by atoms with Crippen molar-refractivity contribution in [2.45, 2.75) is 6.04 Å². The standard InChI is InChI=1S/C9H12N2O3/c10-8(5-12)6-1-3-7(4-2-6)11-9(13)14/h1-4,8,11-12H,5,10H2,(H,13,14)/t8-/m1/s1. The number of nitrogens with two attached hydrogens (primary N) is 1. The molecule has 5 nitrogen and oxygen atoms in total. The monoisotopic (exact) mass is 196 g/mol. The first-order valence-corrected chi connectivity index (χ1v) is 4.10. The first kappa shape index (κ1) is 10.5. The highest BCUT2D eigenvalue weighted by molar-refractivity contribution is 5.82. The minimum atomic E-state index is -1.11. The van der Waals surface area contributed by atoms with E-state index in [1.807, 2.05) is 0 Å². The van der Waals surface area contributed by atoms with Crippen LogP contribution in [-0.2, 0) is 0 Å². The van der Waals surface area contributed by atoms with Gasteiger partial charge in [-0.1, -0.05) is 12.1 Å². The molecule has 0 saturated carbocycles. The number of hydrogen-bond acceptors (Lipinski definition) is 3. The Morgan fingerprint density at radius 1 is 1.43 bits per heavy atom. The van der Waals surface area contributed by atoms with Gasteiger partial charge in [-0.2, -0.15) is 0 Å². The van der Waals surface area contributed by atoms with E-state index in [2.05, 4.69) is 5.32 Å². The lowest BCUT2D eigenvalue weighted by molar-refractivity contribution is 0.209. The van der Waals surface area contributed by atoms with E-state index in [-0.39, 0.29) is 6.61 Å². The molecule has 1 aromatic rings. The fourth-order valence-electron chi connectivity index (χ4n) is 1.04. The van der Waals surface area contributed by atoms with Crippen molar-refractivity contribution < 1.29 is 15.0 Å². The number of aliphatic hydroxyl groups excluding tert-OH is 1. The molecule has 0 aliphatic heterocycles. The Hall–Kier alpha value is -1.59. The molecular formula is C9H12N2O3. The summed E-state index contributed by atoms with van der Waals surface area (Å²) in [6, 6.07) is 6.12. The quantitative estimate of drug-likeness (QED) is 0.574. The summed E-state index contributed by atoms with van der Waals surface area (Å²) in [6.07, 6.45) is -1.11. The van der Waals surface area contributed by atoms with Crippen LogP contribution in [0.2, 0.25) is 0 Å². The highest BCUT2D eigenvalue weighted by Crippen LogP contribution is 2.13. The van der Waals surface area contributed by atoms with Gasteiger partial charge >= 0.3 is 6.09 Å². The maximum absolute atomic E-state index is 10.3. The predicted octanol–water partition coefficient (Wildman–Crippen LogP) is 0.769. The van der Waals surface area contributed by atoms with Crippen LogP contribution >= 0.6 is 0 Å². The normalized spacial score (nSPS) is 12.1. The first-order valence-electron chi connectivity index (χ1n) is 4.10. The van der Waals surface area contributed by atoms with E-state index in [0.29, 0.717) is 5.69 Å². The van der Waals surface area contributed by atoms with E-state index in [0.717, 1.165) is 5.56 Å². The SMILES string of the molecule is N[C@H](CO)c1ccc(NC(=O)O)cc1. The zero-order valence-electron chi connectivity index (χ0n) is 7.47. The lowest BCUT2D eigenvalue weighted by Crippen LogP contribution is -2.14. The van der Waals surface area contributed by atoms with Crippen LogP contribution in [0.15, 0.2) is 24.3 Å². The van der Waals surface area contributed by atoms with Gasteiger partial charge in [0.15, 0.2) is 0 Å². The van der Waals surface area contributed by atoms with Crippen LogP contribution in [0.5, 0.6) is 0 Å². The highest BCUT2D eigenvalue weighted by Gasteiger charge is 2.04. The summed E-state index contributed by atoms with van der Waals surface area (Å²) in [5, 5.41) is 19.4. The van der Waals surface area contributed by atoms with Gasteiger partial charge in [-0.25, -0.2) is 4.79 Å². The number of nitrogens with one attached hydrogen (secondary N) is 1. The molecule has 5 N–H and O–H groups in total. The molecule has 1 aromatic carbocycles. The maximum Gasteiger partial charge on any atom is 0.409 e. The Morgan fingerprint density at radius 3 is 2.43 bits per heavy atom. The largest absolute Gasteiger partial charge is 0.465 e. The van der Waals surface area contributed by atoms with Crippen LogP contribution in [0.25, 0.3) is 0 Å². The zero-order valence-corrected chi connectivity index (χ0v) is 7.47. The average molecular weight is 196 g/mol. The summed E-state index contributed by atoms with van der Waals surface area (Å²) in [4.78, 5) is 10.3. The summed E-state index contributed by atoms with van der Waals surface area (Å²) in [6.45, 7) is -0.133. The van der Waals surface area contributed by atoms with Gasteiger partial charge < -0.3 is 15.9 Å². The fourth-order valence-corrected chi connectivity index (χ4v) is 1.04. The number of amides is 1. The topological polar surface area (TPSA) is 95.6 Å². The van der Waals surface area contributed by atoms with Crippen molar-refractivity contribution in [3.63, 3.8) is 0 Å². The molecule has 76 valence electrons. The van der Waals surface area contributed by atoms with Crippen LogP contribution in [0.3, 0.4) is 0 Å². The van der Waals surface area contributed by atoms with Gasteiger partial charge in [-0.3, -0.25) is 5.32 Å². The van der Waals surface area contributed by atoms with Crippen LogP contribution < -0.4 is 11.1 Å². The lowest BCUT2D eigenvalue weighted by atomic mass is 10.1. The first-order chi connectivity index (χ1) is 6.63. The summed E-state index contributed by atoms with van der Waals surface area (Å²) in [5.74, 6) is 0. The average Bonchev–Trinajstić information content (AvgIpc) is 2.17. The van der Waals surface area contributed by atoms with E-state index in [4.69, 9.17) is 15.9 Å². The molecule has 1 atom stereocenters. The number of carbonyl (C=O) groups is 1. The molecule has 0 heterocycles. The van der Waals surface area contributed by atoms with Gasteiger partial charge in [0.1, 0.15) is 0 Å². The minimum Gasteiger partial charge on any atom is -0.465 e. The van der Waals surface area contributed by atoms with Crippen LogP contribution in [-0.4, -0.2) is 22.9 Å². The number of carboxylic acid groups (broad SMARTS) is 1. The van der Waals surface area contributed by atoms with E-state index in [1.165, 1.54) is 0 Å². The van der Waals surface area contributed by atoms with Gasteiger partial charge in [0.05, 0.1) is 12.6 Å². The van der Waals surface area contributed by atoms with Crippen LogP contribution in [0, 0.1) is 0 Å². The third-order valence-electron chi connectivity index (χ3n) is 1.79. The van der Waals surface area contributed by atoms with Crippen molar-refractivity contribution in [3.05, 3.63) is 29.8 Å². The van der Waals surface area contributed by atoms with Gasteiger partial charge in [-0.15, -0.1) is 0 Å². The molecule has 0 saturated heterocycles. The van der Waals surface area contributed by atoms with E-state index in [9.17, 15) is 4.79 Å². The second-order valence-corrected chi connectivity index (χ2v) is 2.84. The molecule has 1 amide bonds. The molecule has 0 aliphatic carbocycles. The van der Waals surface area contributed by atoms with E-state index < -0.39 is 12.1 Å². The summed E-state index contributed by atoms with van der Waals surface area (Å²) < 4.78 is 0. The smallest absolute Gasteiger partial charge is 0.409 e. The van der Waals surface area contributed by atoms with Crippen molar-refractivity contribution in [2.75, 3.05) is 11.9 Å². The summed E-state index contributed by atoms with van der Waals surface area (Å²) in [7, 11) is 0. The van der Waals surface area contributed by atoms with Crippen LogP contribution in [0.4, 0.5) is 10.5 Å². The van der Waals surface area contributed by atoms with Gasteiger partial charge in [0.25, 0.3) is 0 Å². The second kappa shape index (κ2) is 4.59. The number of hydrogen-bond donors (Lipinski definition) is 4. The van der Waals surface area contributed by atoms with E-state index >= 15 is 0 Å². The molecule has 0 bridgehead atoms. The Morgan fingerprint density at radius 2 is 2.00 bits per heavy atom. The zero-order chi connectivity index (χ0) is 10.6. The minimum absolute atomic E-state index is 0.133. The Kier molecular flexibility index (Phi) is 3.44. The van der Waals surface area contributed by atoms with Gasteiger partial charge in [-0.05, 0) is 17.7 Å². The summed E-state index contributed by atoms with van der Waals surface area (Å²) in [5.41, 5.74) is 6.80. The molecule has 1 rings (SSSR count). The molecule has 0 aliphatic rings. The number of benzene rings is 1. The molecule has 0 fully saturated rings. The lowest BCUT2D eigenvalue weighted by Gasteiger charge is -2.08. The van der Waals surface area contributed by atoms with Crippen molar-refractivity contribution >= 4 is 11.8 Å². The molecule has 5 heteroatoms. The number of rotatable bonds is 3. The van der Waals surface area contributed by atoms with E-state index in [1.54, 1.807) is 24.3 Å². The molecule has 0 unspecified atom stereocenters. The van der Waals surface area contributed by atoms with Crippen LogP contribution in [0.1, 0.15) is 11.6 Å². The Balaban J connectivity index is 2.73. The van der Waals surface area contributed by atoms with Crippen molar-refractivity contribution in [1.29, 1.82) is 0 Å². The predicted molar refractivity (Wildman–Crippen MR) is 52.1 cm³/mol. The number of aliphatic hydroxyl groups is 1. The van der Waals surface area contributed by atoms with Gasteiger partial charge in [0.2, 0.25) is 0 Å². The number of anilines is 1. The molecular weight excluding hydrogens is 184 g/mol. The maximum atomic E-state index is 10.3. The van der Waals surface area contributed by atoms with Gasteiger partial charge in [0, 0.05) is 5.69 Å². The van der Waals surface area contributed by atoms with Crippen molar-refractivity contribution in [2.24, 2.45) is 5.73 Å². The summed E-state index contributed by atoms with van der Waals surface area (Å²) >= 11 is 0. The van der Waals surface area contributed by atoms with Crippen molar-refractivity contribution in [1.82, 2.24) is 0 Å².